The van der Waals surface area contributed by atoms with Crippen LogP contribution < -0.4 is 10.6 Å². The predicted molar refractivity (Wildman–Crippen MR) is 152 cm³/mol. The maximum absolute atomic E-state index is 13.6. The number of fused-ring (bicyclic) bond motifs is 3. The number of nitrogens with zero attached hydrogens (tertiary/aromatic N) is 2. The Balaban J connectivity index is 1.21. The van der Waals surface area contributed by atoms with Gasteiger partial charge in [0.1, 0.15) is 12.0 Å². The van der Waals surface area contributed by atoms with E-state index >= 15 is 0 Å². The number of halogens is 4. The molecule has 0 spiro atoms. The van der Waals surface area contributed by atoms with Crippen LogP contribution in [0.25, 0.3) is 11.1 Å². The second-order valence-electron chi connectivity index (χ2n) is 10.7. The summed E-state index contributed by atoms with van der Waals surface area (Å²) in [6, 6.07) is 16.7. The molecular weight excluding hydrogens is 553 g/mol. The van der Waals surface area contributed by atoms with E-state index in [4.69, 9.17) is 11.6 Å². The summed E-state index contributed by atoms with van der Waals surface area (Å²) in [6.07, 6.45) is 1.97. The highest BCUT2D eigenvalue weighted by atomic mass is 35.5. The van der Waals surface area contributed by atoms with Gasteiger partial charge < -0.3 is 15.5 Å². The number of carbonyl (C=O) groups is 2. The first-order chi connectivity index (χ1) is 19.7. The zero-order valence-electron chi connectivity index (χ0n) is 22.5. The number of unbranched alkanes of at least 4 members (excludes halogenated alkanes) is 1. The van der Waals surface area contributed by atoms with Gasteiger partial charge in [-0.15, -0.1) is 0 Å². The molecule has 1 aliphatic heterocycles. The van der Waals surface area contributed by atoms with Gasteiger partial charge in [-0.3, -0.25) is 14.6 Å². The minimum Gasteiger partial charge on any atom is -0.349 e. The third-order valence-electron chi connectivity index (χ3n) is 8.11. The van der Waals surface area contributed by atoms with Gasteiger partial charge in [-0.1, -0.05) is 66.6 Å². The van der Waals surface area contributed by atoms with Gasteiger partial charge in [0, 0.05) is 31.5 Å². The normalized spacial score (nSPS) is 16.6. The van der Waals surface area contributed by atoms with Crippen LogP contribution in [0.3, 0.4) is 0 Å². The molecule has 0 unspecified atom stereocenters. The molecule has 5 rings (SSSR count). The molecule has 10 heteroatoms. The molecule has 0 saturated carbocycles. The Morgan fingerprint density at radius 2 is 1.61 bits per heavy atom. The van der Waals surface area contributed by atoms with Crippen molar-refractivity contribution in [2.45, 2.75) is 49.7 Å². The molecule has 1 fully saturated rings. The predicted octanol–water partition coefficient (Wildman–Crippen LogP) is 5.74. The Morgan fingerprint density at radius 1 is 0.976 bits per heavy atom. The van der Waals surface area contributed by atoms with Crippen LogP contribution in [0.15, 0.2) is 67.0 Å². The lowest BCUT2D eigenvalue weighted by Gasteiger charge is -2.33. The van der Waals surface area contributed by atoms with E-state index in [1.165, 1.54) is 6.20 Å². The molecule has 2 aromatic carbocycles. The number of hydrogen-bond donors (Lipinski definition) is 2. The summed E-state index contributed by atoms with van der Waals surface area (Å²) in [5, 5.41) is 5.61. The summed E-state index contributed by atoms with van der Waals surface area (Å²) in [7, 11) is 0. The van der Waals surface area contributed by atoms with Crippen molar-refractivity contribution in [3.8, 4) is 11.1 Å². The molecule has 2 heterocycles. The van der Waals surface area contributed by atoms with Crippen LogP contribution in [0, 0.1) is 0 Å². The zero-order valence-corrected chi connectivity index (χ0v) is 23.3. The van der Waals surface area contributed by atoms with E-state index < -0.39 is 24.0 Å². The van der Waals surface area contributed by atoms with Crippen molar-refractivity contribution < 1.29 is 22.8 Å². The van der Waals surface area contributed by atoms with Crippen molar-refractivity contribution >= 4 is 23.4 Å². The Morgan fingerprint density at radius 3 is 2.22 bits per heavy atom. The van der Waals surface area contributed by atoms with Crippen molar-refractivity contribution in [3.05, 3.63) is 88.7 Å². The van der Waals surface area contributed by atoms with Gasteiger partial charge in [0.15, 0.2) is 0 Å². The van der Waals surface area contributed by atoms with Crippen molar-refractivity contribution in [2.24, 2.45) is 0 Å². The smallest absolute Gasteiger partial charge is 0.349 e. The fraction of sp³-hybridized carbons (Fsp3) is 0.387. The number of benzene rings is 2. The van der Waals surface area contributed by atoms with Crippen LogP contribution in [-0.2, 0) is 10.2 Å². The van der Waals surface area contributed by atoms with Crippen LogP contribution >= 0.6 is 11.6 Å². The molecule has 0 atom stereocenters. The number of alkyl halides is 3. The highest BCUT2D eigenvalue weighted by molar-refractivity contribution is 6.33. The second kappa shape index (κ2) is 12.2. The first-order valence-electron chi connectivity index (χ1n) is 13.9. The van der Waals surface area contributed by atoms with Crippen molar-refractivity contribution in [1.82, 2.24) is 20.5 Å². The van der Waals surface area contributed by atoms with Crippen LogP contribution in [-0.4, -0.2) is 60.1 Å². The van der Waals surface area contributed by atoms with Gasteiger partial charge in [0.25, 0.3) is 5.91 Å². The topological polar surface area (TPSA) is 74.3 Å². The molecular formula is C31H32ClF3N4O2. The van der Waals surface area contributed by atoms with Gasteiger partial charge in [0.05, 0.1) is 10.6 Å². The van der Waals surface area contributed by atoms with E-state index in [0.717, 1.165) is 61.2 Å². The average molecular weight is 585 g/mol. The monoisotopic (exact) mass is 584 g/mol. The molecule has 1 aliphatic carbocycles. The lowest BCUT2D eigenvalue weighted by Crippen LogP contribution is -2.47. The van der Waals surface area contributed by atoms with Crippen LogP contribution in [0.1, 0.15) is 53.6 Å². The number of carbonyl (C=O) groups excluding carboxylic acids is 2. The summed E-state index contributed by atoms with van der Waals surface area (Å²) < 4.78 is 39.2. The molecule has 216 valence electrons. The van der Waals surface area contributed by atoms with Gasteiger partial charge in [-0.25, -0.2) is 0 Å². The van der Waals surface area contributed by atoms with Crippen LogP contribution in [0.5, 0.6) is 0 Å². The first-order valence-corrected chi connectivity index (χ1v) is 14.2. The maximum atomic E-state index is 13.6. The third-order valence-corrected chi connectivity index (χ3v) is 8.44. The fourth-order valence-electron chi connectivity index (χ4n) is 6.12. The van der Waals surface area contributed by atoms with Crippen molar-refractivity contribution in [1.29, 1.82) is 0 Å². The van der Waals surface area contributed by atoms with E-state index in [0.29, 0.717) is 23.4 Å². The number of rotatable bonds is 9. The molecule has 0 radical (unpaired) electrons. The highest BCUT2D eigenvalue weighted by Gasteiger charge is 2.49. The summed E-state index contributed by atoms with van der Waals surface area (Å²) in [5.41, 5.74) is 2.48. The Hall–Kier alpha value is -3.43. The van der Waals surface area contributed by atoms with E-state index in [2.05, 4.69) is 20.5 Å². The quantitative estimate of drug-likeness (QED) is 0.314. The van der Waals surface area contributed by atoms with Gasteiger partial charge in [-0.05, 0) is 60.5 Å². The minimum absolute atomic E-state index is 0.0436. The van der Waals surface area contributed by atoms with E-state index in [9.17, 15) is 22.8 Å². The standard InChI is InChI=1S/C31H32ClF3N4O2/c32-27-11-15-36-19-24(27)28(40)38-21-12-17-39(18-13-21)16-6-5-14-30(29(41)37-20-31(33,34)35)25-9-3-1-7-22(25)23-8-2-4-10-26(23)30/h1-4,7-11,15,19,21H,5-6,12-14,16-18,20H2,(H,37,41)(H,38,40). The number of piperidine rings is 1. The molecule has 3 aromatic rings. The zero-order chi connectivity index (χ0) is 29.0. The summed E-state index contributed by atoms with van der Waals surface area (Å²) >= 11 is 6.12. The second-order valence-corrected chi connectivity index (χ2v) is 11.1. The Labute approximate surface area is 242 Å². The number of hydrogen-bond acceptors (Lipinski definition) is 4. The molecule has 0 bridgehead atoms. The van der Waals surface area contributed by atoms with Crippen molar-refractivity contribution in [3.63, 3.8) is 0 Å². The van der Waals surface area contributed by atoms with E-state index in [1.807, 2.05) is 48.5 Å². The maximum Gasteiger partial charge on any atom is 0.405 e. The molecule has 2 aliphatic rings. The lowest BCUT2D eigenvalue weighted by molar-refractivity contribution is -0.141. The lowest BCUT2D eigenvalue weighted by atomic mass is 9.73. The van der Waals surface area contributed by atoms with Crippen LogP contribution in [0.4, 0.5) is 13.2 Å². The molecule has 6 nitrogen and oxygen atoms in total. The van der Waals surface area contributed by atoms with Gasteiger partial charge in [-0.2, -0.15) is 13.2 Å². The summed E-state index contributed by atoms with van der Waals surface area (Å²) in [6.45, 7) is 1.07. The number of nitrogens with one attached hydrogen (secondary N) is 2. The molecule has 2 N–H and O–H groups in total. The summed E-state index contributed by atoms with van der Waals surface area (Å²) in [5.74, 6) is -0.842. The van der Waals surface area contributed by atoms with Gasteiger partial charge in [0.2, 0.25) is 5.91 Å². The molecule has 1 aromatic heterocycles. The number of aromatic nitrogens is 1. The van der Waals surface area contributed by atoms with Crippen LogP contribution in [0.2, 0.25) is 5.02 Å². The van der Waals surface area contributed by atoms with E-state index in [-0.39, 0.29) is 11.9 Å². The fourth-order valence-corrected chi connectivity index (χ4v) is 6.31. The van der Waals surface area contributed by atoms with Gasteiger partial charge >= 0.3 is 6.18 Å². The summed E-state index contributed by atoms with van der Waals surface area (Å²) in [4.78, 5) is 32.5. The minimum atomic E-state index is -4.50. The molecule has 2 amide bonds. The highest BCUT2D eigenvalue weighted by Crippen LogP contribution is 2.51. The first kappa shape index (κ1) is 29.1. The Bertz CT molecular complexity index is 1360. The molecule has 41 heavy (non-hydrogen) atoms. The number of pyridine rings is 1. The Kier molecular flexibility index (Phi) is 8.66. The SMILES string of the molecule is O=C(NC1CCN(CCCCC2(C(=O)NCC(F)(F)F)c3ccccc3-c3ccccc32)CC1)c1cnccc1Cl. The van der Waals surface area contributed by atoms with E-state index in [1.54, 1.807) is 12.3 Å². The average Bonchev–Trinajstić information content (AvgIpc) is 3.25. The van der Waals surface area contributed by atoms with Crippen molar-refractivity contribution in [2.75, 3.05) is 26.2 Å². The largest absolute Gasteiger partial charge is 0.405 e. The third kappa shape index (κ3) is 6.26. The number of amides is 2. The number of likely N-dealkylation sites (tertiary alicyclic amines) is 1. The molecule has 1 saturated heterocycles.